The lowest BCUT2D eigenvalue weighted by molar-refractivity contribution is -0.159. The lowest BCUT2D eigenvalue weighted by Gasteiger charge is -2.39. The van der Waals surface area contributed by atoms with Crippen LogP contribution in [0.1, 0.15) is 48.5 Å². The number of carbonyl (C=O) groups excluding carboxylic acids is 2. The van der Waals surface area contributed by atoms with E-state index in [0.29, 0.717) is 12.2 Å². The zero-order valence-electron chi connectivity index (χ0n) is 15.6. The molecule has 1 heterocycles. The van der Waals surface area contributed by atoms with Crippen molar-refractivity contribution in [1.29, 1.82) is 0 Å². The van der Waals surface area contributed by atoms with E-state index in [2.05, 4.69) is 4.90 Å². The van der Waals surface area contributed by atoms with E-state index in [1.165, 1.54) is 0 Å². The first-order chi connectivity index (χ1) is 12.5. The SMILES string of the molecule is CCOC1(C(=O)N2CCN(Cc3ccc(C(N)=O)cc3)CC2)CCCC1. The number of benzene rings is 1. The van der Waals surface area contributed by atoms with Gasteiger partial charge in [-0.3, -0.25) is 14.5 Å². The predicted octanol–water partition coefficient (Wildman–Crippen LogP) is 1.78. The Morgan fingerprint density at radius 3 is 2.23 bits per heavy atom. The zero-order valence-corrected chi connectivity index (χ0v) is 15.6. The summed E-state index contributed by atoms with van der Waals surface area (Å²) in [5.74, 6) is -0.221. The second-order valence-electron chi connectivity index (χ2n) is 7.26. The van der Waals surface area contributed by atoms with Gasteiger partial charge in [-0.05, 0) is 50.3 Å². The summed E-state index contributed by atoms with van der Waals surface area (Å²) in [6.45, 7) is 6.57. The lowest BCUT2D eigenvalue weighted by Crippen LogP contribution is -2.55. The summed E-state index contributed by atoms with van der Waals surface area (Å²) >= 11 is 0. The van der Waals surface area contributed by atoms with Crippen LogP contribution >= 0.6 is 0 Å². The summed E-state index contributed by atoms with van der Waals surface area (Å²) in [5.41, 5.74) is 6.39. The van der Waals surface area contributed by atoms with Gasteiger partial charge in [-0.2, -0.15) is 0 Å². The fraction of sp³-hybridized carbons (Fsp3) is 0.600. The standard InChI is InChI=1S/C20H29N3O3/c1-2-26-20(9-3-4-10-20)19(25)23-13-11-22(12-14-23)15-16-5-7-17(8-6-16)18(21)24/h5-8H,2-4,9-15H2,1H3,(H2,21,24). The molecule has 3 rings (SSSR count). The van der Waals surface area contributed by atoms with Crippen molar-refractivity contribution in [3.8, 4) is 0 Å². The number of nitrogens with two attached hydrogens (primary N) is 1. The fourth-order valence-corrected chi connectivity index (χ4v) is 4.07. The molecule has 0 unspecified atom stereocenters. The van der Waals surface area contributed by atoms with Crippen molar-refractivity contribution in [3.05, 3.63) is 35.4 Å². The number of amides is 2. The van der Waals surface area contributed by atoms with E-state index in [-0.39, 0.29) is 5.91 Å². The first-order valence-corrected chi connectivity index (χ1v) is 9.58. The first-order valence-electron chi connectivity index (χ1n) is 9.58. The average Bonchev–Trinajstić information content (AvgIpc) is 3.12. The highest BCUT2D eigenvalue weighted by Gasteiger charge is 2.44. The average molecular weight is 359 g/mol. The number of ether oxygens (including phenoxy) is 1. The fourth-order valence-electron chi connectivity index (χ4n) is 4.07. The maximum Gasteiger partial charge on any atom is 0.254 e. The van der Waals surface area contributed by atoms with Gasteiger partial charge in [0.25, 0.3) is 5.91 Å². The molecule has 0 aromatic heterocycles. The number of piperazine rings is 1. The third-order valence-electron chi connectivity index (χ3n) is 5.53. The maximum atomic E-state index is 13.0. The van der Waals surface area contributed by atoms with Crippen LogP contribution in [0.15, 0.2) is 24.3 Å². The lowest BCUT2D eigenvalue weighted by atomic mass is 9.99. The molecule has 26 heavy (non-hydrogen) atoms. The normalized spacial score (nSPS) is 20.3. The Balaban J connectivity index is 1.53. The molecule has 0 spiro atoms. The van der Waals surface area contributed by atoms with E-state index < -0.39 is 11.5 Å². The molecule has 2 N–H and O–H groups in total. The van der Waals surface area contributed by atoms with Crippen molar-refractivity contribution in [2.45, 2.75) is 44.8 Å². The molecule has 6 nitrogen and oxygen atoms in total. The number of rotatable bonds is 6. The molecule has 0 atom stereocenters. The Hall–Kier alpha value is -1.92. The van der Waals surface area contributed by atoms with Crippen molar-refractivity contribution in [1.82, 2.24) is 9.80 Å². The van der Waals surface area contributed by atoms with E-state index in [1.54, 1.807) is 12.1 Å². The summed E-state index contributed by atoms with van der Waals surface area (Å²) in [6.07, 6.45) is 3.86. The molecule has 6 heteroatoms. The second kappa shape index (κ2) is 8.18. The van der Waals surface area contributed by atoms with Crippen LogP contribution in [0.4, 0.5) is 0 Å². The van der Waals surface area contributed by atoms with Crippen molar-refractivity contribution < 1.29 is 14.3 Å². The summed E-state index contributed by atoms with van der Waals surface area (Å²) in [7, 11) is 0. The first kappa shape index (κ1) is 18.9. The van der Waals surface area contributed by atoms with Gasteiger partial charge >= 0.3 is 0 Å². The molecule has 1 aliphatic heterocycles. The molecule has 1 saturated carbocycles. The molecule has 0 radical (unpaired) electrons. The third kappa shape index (κ3) is 4.07. The monoisotopic (exact) mass is 359 g/mol. The van der Waals surface area contributed by atoms with Gasteiger partial charge in [0.05, 0.1) is 0 Å². The summed E-state index contributed by atoms with van der Waals surface area (Å²) in [4.78, 5) is 28.5. The van der Waals surface area contributed by atoms with Crippen LogP contribution < -0.4 is 5.73 Å². The number of hydrogen-bond donors (Lipinski definition) is 1. The third-order valence-corrected chi connectivity index (χ3v) is 5.53. The quantitative estimate of drug-likeness (QED) is 0.840. The smallest absolute Gasteiger partial charge is 0.254 e. The molecule has 2 fully saturated rings. The number of nitrogens with zero attached hydrogens (tertiary/aromatic N) is 2. The minimum atomic E-state index is -0.568. The minimum Gasteiger partial charge on any atom is -0.366 e. The Morgan fingerprint density at radius 1 is 1.08 bits per heavy atom. The molecular formula is C20H29N3O3. The van der Waals surface area contributed by atoms with Crippen LogP contribution in [-0.4, -0.2) is 60.0 Å². The molecule has 0 bridgehead atoms. The summed E-state index contributed by atoms with van der Waals surface area (Å²) in [5, 5.41) is 0. The van der Waals surface area contributed by atoms with Crippen molar-refractivity contribution >= 4 is 11.8 Å². The number of carbonyl (C=O) groups is 2. The van der Waals surface area contributed by atoms with Gasteiger partial charge in [-0.1, -0.05) is 12.1 Å². The van der Waals surface area contributed by atoms with Crippen molar-refractivity contribution in [2.75, 3.05) is 32.8 Å². The Labute approximate surface area is 155 Å². The van der Waals surface area contributed by atoms with Gasteiger partial charge in [0.2, 0.25) is 5.91 Å². The molecular weight excluding hydrogens is 330 g/mol. The highest BCUT2D eigenvalue weighted by Crippen LogP contribution is 2.35. The van der Waals surface area contributed by atoms with Gasteiger partial charge in [0.1, 0.15) is 5.60 Å². The number of primary amides is 1. The number of hydrogen-bond acceptors (Lipinski definition) is 4. The van der Waals surface area contributed by atoms with Crippen LogP contribution in [0.2, 0.25) is 0 Å². The van der Waals surface area contributed by atoms with Gasteiger partial charge in [0, 0.05) is 44.9 Å². The van der Waals surface area contributed by atoms with E-state index >= 15 is 0 Å². The van der Waals surface area contributed by atoms with Crippen molar-refractivity contribution in [3.63, 3.8) is 0 Å². The molecule has 2 amide bonds. The topological polar surface area (TPSA) is 75.9 Å². The Morgan fingerprint density at radius 2 is 1.69 bits per heavy atom. The Kier molecular flexibility index (Phi) is 5.94. The molecule has 1 aromatic carbocycles. The molecule has 142 valence electrons. The largest absolute Gasteiger partial charge is 0.366 e. The van der Waals surface area contributed by atoms with E-state index in [4.69, 9.17) is 10.5 Å². The van der Waals surface area contributed by atoms with Gasteiger partial charge < -0.3 is 15.4 Å². The highest BCUT2D eigenvalue weighted by atomic mass is 16.5. The van der Waals surface area contributed by atoms with Crippen LogP contribution in [0.5, 0.6) is 0 Å². The van der Waals surface area contributed by atoms with Crippen LogP contribution in [-0.2, 0) is 16.1 Å². The van der Waals surface area contributed by atoms with Crippen LogP contribution in [0.25, 0.3) is 0 Å². The zero-order chi connectivity index (χ0) is 18.6. The van der Waals surface area contributed by atoms with Crippen LogP contribution in [0.3, 0.4) is 0 Å². The Bertz CT molecular complexity index is 630. The molecule has 1 aromatic rings. The van der Waals surface area contributed by atoms with E-state index in [0.717, 1.165) is 64.0 Å². The van der Waals surface area contributed by atoms with Crippen LogP contribution in [0, 0.1) is 0 Å². The van der Waals surface area contributed by atoms with Gasteiger partial charge in [-0.25, -0.2) is 0 Å². The second-order valence-corrected chi connectivity index (χ2v) is 7.26. The van der Waals surface area contributed by atoms with E-state index in [1.807, 2.05) is 24.0 Å². The summed E-state index contributed by atoms with van der Waals surface area (Å²) in [6, 6.07) is 7.42. The van der Waals surface area contributed by atoms with E-state index in [9.17, 15) is 9.59 Å². The minimum absolute atomic E-state index is 0.183. The van der Waals surface area contributed by atoms with Crippen molar-refractivity contribution in [2.24, 2.45) is 5.73 Å². The van der Waals surface area contributed by atoms with Gasteiger partial charge in [0.15, 0.2) is 0 Å². The summed E-state index contributed by atoms with van der Waals surface area (Å²) < 4.78 is 5.92. The molecule has 1 saturated heterocycles. The molecule has 1 aliphatic carbocycles. The molecule has 2 aliphatic rings. The predicted molar refractivity (Wildman–Crippen MR) is 99.6 cm³/mol. The van der Waals surface area contributed by atoms with Gasteiger partial charge in [-0.15, -0.1) is 0 Å². The maximum absolute atomic E-state index is 13.0. The highest BCUT2D eigenvalue weighted by molar-refractivity contribution is 5.92.